The molecule has 2 aromatic rings. The minimum Gasteiger partial charge on any atom is -0.381 e. The Morgan fingerprint density at radius 2 is 1.61 bits per heavy atom. The zero-order valence-corrected chi connectivity index (χ0v) is 13.0. The van der Waals surface area contributed by atoms with Crippen molar-refractivity contribution in [1.82, 2.24) is 0 Å². The van der Waals surface area contributed by atoms with Crippen LogP contribution in [0.3, 0.4) is 0 Å². The Hall–Kier alpha value is -0.410. The number of hydrogen-bond acceptors (Lipinski definition) is 1. The van der Waals surface area contributed by atoms with E-state index in [4.69, 9.17) is 34.8 Å². The molecule has 0 aliphatic heterocycles. The molecule has 0 unspecified atom stereocenters. The van der Waals surface area contributed by atoms with Gasteiger partial charge in [0.2, 0.25) is 0 Å². The minimum atomic E-state index is 0.562. The molecule has 0 aliphatic carbocycles. The van der Waals surface area contributed by atoms with Gasteiger partial charge in [-0.05, 0) is 46.3 Å². The largest absolute Gasteiger partial charge is 0.381 e. The molecule has 1 N–H and O–H groups in total. The van der Waals surface area contributed by atoms with Crippen molar-refractivity contribution in [1.29, 1.82) is 0 Å². The molecule has 0 spiro atoms. The predicted octanol–water partition coefficient (Wildman–Crippen LogP) is 6.02. The topological polar surface area (TPSA) is 12.0 Å². The van der Waals surface area contributed by atoms with Gasteiger partial charge in [0.15, 0.2) is 0 Å². The maximum Gasteiger partial charge on any atom is 0.0549 e. The number of halogens is 4. The third kappa shape index (κ3) is 3.33. The monoisotopic (exact) mass is 363 g/mol. The lowest BCUT2D eigenvalue weighted by Crippen LogP contribution is -2.00. The molecule has 1 nitrogen and oxygen atoms in total. The number of benzene rings is 2. The van der Waals surface area contributed by atoms with Gasteiger partial charge in [0.25, 0.3) is 0 Å². The highest BCUT2D eigenvalue weighted by Gasteiger charge is 2.05. The SMILES string of the molecule is Clc1ccc(NCc2c(Cl)cccc2Cl)cc1Br. The number of anilines is 1. The van der Waals surface area contributed by atoms with Crippen LogP contribution < -0.4 is 5.32 Å². The van der Waals surface area contributed by atoms with Crippen LogP contribution in [0.5, 0.6) is 0 Å². The van der Waals surface area contributed by atoms with E-state index in [-0.39, 0.29) is 0 Å². The molecule has 0 amide bonds. The van der Waals surface area contributed by atoms with Gasteiger partial charge in [-0.2, -0.15) is 0 Å². The van der Waals surface area contributed by atoms with Crippen molar-refractivity contribution in [2.24, 2.45) is 0 Å². The van der Waals surface area contributed by atoms with E-state index in [1.807, 2.05) is 36.4 Å². The highest BCUT2D eigenvalue weighted by atomic mass is 79.9. The smallest absolute Gasteiger partial charge is 0.0549 e. The van der Waals surface area contributed by atoms with Crippen molar-refractivity contribution in [2.45, 2.75) is 6.54 Å². The highest BCUT2D eigenvalue weighted by Crippen LogP contribution is 2.28. The van der Waals surface area contributed by atoms with E-state index in [0.717, 1.165) is 15.7 Å². The lowest BCUT2D eigenvalue weighted by Gasteiger charge is -2.10. The summed E-state index contributed by atoms with van der Waals surface area (Å²) >= 11 is 21.5. The van der Waals surface area contributed by atoms with E-state index in [1.165, 1.54) is 0 Å². The van der Waals surface area contributed by atoms with Gasteiger partial charge in [0, 0.05) is 32.3 Å². The molecule has 0 aliphatic rings. The lowest BCUT2D eigenvalue weighted by molar-refractivity contribution is 1.15. The van der Waals surface area contributed by atoms with Crippen LogP contribution in [0.15, 0.2) is 40.9 Å². The summed E-state index contributed by atoms with van der Waals surface area (Å²) in [6, 6.07) is 11.1. The molecule has 0 fully saturated rings. The van der Waals surface area contributed by atoms with Gasteiger partial charge in [-0.15, -0.1) is 0 Å². The Kier molecular flexibility index (Phi) is 4.79. The second-order valence-corrected chi connectivity index (χ2v) is 5.76. The average Bonchev–Trinajstić information content (AvgIpc) is 2.33. The molecule has 0 bridgehead atoms. The molecule has 2 rings (SSSR count). The van der Waals surface area contributed by atoms with Crippen molar-refractivity contribution >= 4 is 56.4 Å². The molecule has 0 atom stereocenters. The van der Waals surface area contributed by atoms with Gasteiger partial charge in [0.05, 0.1) is 5.02 Å². The summed E-state index contributed by atoms with van der Waals surface area (Å²) in [4.78, 5) is 0. The molecule has 94 valence electrons. The van der Waals surface area contributed by atoms with Gasteiger partial charge in [0.1, 0.15) is 0 Å². The quantitative estimate of drug-likeness (QED) is 0.701. The second kappa shape index (κ2) is 6.16. The summed E-state index contributed by atoms with van der Waals surface area (Å²) in [6.45, 7) is 0.562. The average molecular weight is 365 g/mol. The van der Waals surface area contributed by atoms with Gasteiger partial charge in [-0.1, -0.05) is 40.9 Å². The number of hydrogen-bond donors (Lipinski definition) is 1. The molecule has 0 heterocycles. The standard InChI is InChI=1S/C13H9BrCl3N/c14-10-6-8(4-5-13(10)17)18-7-9-11(15)2-1-3-12(9)16/h1-6,18H,7H2. The van der Waals surface area contributed by atoms with Gasteiger partial charge in [-0.3, -0.25) is 0 Å². The van der Waals surface area contributed by atoms with E-state index >= 15 is 0 Å². The first-order valence-electron chi connectivity index (χ1n) is 5.20. The fourth-order valence-corrected chi connectivity index (χ4v) is 2.53. The fraction of sp³-hybridized carbons (Fsp3) is 0.0769. The molecular formula is C13H9BrCl3N. The number of nitrogens with one attached hydrogen (secondary N) is 1. The highest BCUT2D eigenvalue weighted by molar-refractivity contribution is 9.10. The Bertz CT molecular complexity index is 552. The van der Waals surface area contributed by atoms with E-state index < -0.39 is 0 Å². The molecular weight excluding hydrogens is 356 g/mol. The maximum absolute atomic E-state index is 6.10. The van der Waals surface area contributed by atoms with E-state index in [0.29, 0.717) is 21.6 Å². The van der Waals surface area contributed by atoms with Crippen molar-refractivity contribution in [2.75, 3.05) is 5.32 Å². The van der Waals surface area contributed by atoms with E-state index in [2.05, 4.69) is 21.2 Å². The normalized spacial score (nSPS) is 10.4. The van der Waals surface area contributed by atoms with Crippen LogP contribution in [0.25, 0.3) is 0 Å². The first-order valence-corrected chi connectivity index (χ1v) is 7.12. The van der Waals surface area contributed by atoms with Crippen LogP contribution in [-0.2, 0) is 6.54 Å². The molecule has 0 radical (unpaired) electrons. The summed E-state index contributed by atoms with van der Waals surface area (Å²) in [5, 5.41) is 5.24. The van der Waals surface area contributed by atoms with Crippen molar-refractivity contribution in [3.63, 3.8) is 0 Å². The van der Waals surface area contributed by atoms with Gasteiger partial charge in [-0.25, -0.2) is 0 Å². The summed E-state index contributed by atoms with van der Waals surface area (Å²) in [7, 11) is 0. The first kappa shape index (κ1) is 14.0. The summed E-state index contributed by atoms with van der Waals surface area (Å²) < 4.78 is 0.847. The Morgan fingerprint density at radius 3 is 2.22 bits per heavy atom. The summed E-state index contributed by atoms with van der Waals surface area (Å²) in [5.74, 6) is 0. The zero-order chi connectivity index (χ0) is 13.1. The van der Waals surface area contributed by atoms with Crippen LogP contribution in [0.4, 0.5) is 5.69 Å². The summed E-state index contributed by atoms with van der Waals surface area (Å²) in [5.41, 5.74) is 1.83. The molecule has 0 saturated carbocycles. The van der Waals surface area contributed by atoms with Crippen molar-refractivity contribution < 1.29 is 0 Å². The number of rotatable bonds is 3. The molecule has 5 heteroatoms. The second-order valence-electron chi connectivity index (χ2n) is 3.68. The van der Waals surface area contributed by atoms with Crippen LogP contribution in [-0.4, -0.2) is 0 Å². The van der Waals surface area contributed by atoms with Gasteiger partial charge < -0.3 is 5.32 Å². The molecule has 18 heavy (non-hydrogen) atoms. The predicted molar refractivity (Wildman–Crippen MR) is 82.9 cm³/mol. The Morgan fingerprint density at radius 1 is 0.944 bits per heavy atom. The Balaban J connectivity index is 2.14. The van der Waals surface area contributed by atoms with E-state index in [1.54, 1.807) is 0 Å². The molecule has 0 saturated heterocycles. The third-order valence-corrected chi connectivity index (χ3v) is 4.37. The van der Waals surface area contributed by atoms with Gasteiger partial charge >= 0.3 is 0 Å². The van der Waals surface area contributed by atoms with Crippen LogP contribution in [0.2, 0.25) is 15.1 Å². The van der Waals surface area contributed by atoms with Crippen LogP contribution >= 0.6 is 50.7 Å². The minimum absolute atomic E-state index is 0.562. The molecule has 2 aromatic carbocycles. The molecule has 0 aromatic heterocycles. The lowest BCUT2D eigenvalue weighted by atomic mass is 10.2. The third-order valence-electron chi connectivity index (χ3n) is 2.45. The van der Waals surface area contributed by atoms with Crippen molar-refractivity contribution in [3.05, 3.63) is 61.5 Å². The maximum atomic E-state index is 6.10. The van der Waals surface area contributed by atoms with Crippen LogP contribution in [0, 0.1) is 0 Å². The first-order chi connectivity index (χ1) is 8.58. The van der Waals surface area contributed by atoms with Crippen molar-refractivity contribution in [3.8, 4) is 0 Å². The summed E-state index contributed by atoms with van der Waals surface area (Å²) in [6.07, 6.45) is 0. The Labute approximate surface area is 129 Å². The zero-order valence-electron chi connectivity index (χ0n) is 9.18. The van der Waals surface area contributed by atoms with Crippen LogP contribution in [0.1, 0.15) is 5.56 Å². The van der Waals surface area contributed by atoms with E-state index in [9.17, 15) is 0 Å². The fourth-order valence-electron chi connectivity index (χ4n) is 1.50.